The third-order valence-corrected chi connectivity index (χ3v) is 7.81. The minimum Gasteiger partial charge on any atom is -0.493 e. The van der Waals surface area contributed by atoms with Crippen molar-refractivity contribution >= 4 is 31.8 Å². The first-order valence-electron chi connectivity index (χ1n) is 10.8. The molecule has 0 amide bonds. The van der Waals surface area contributed by atoms with E-state index in [9.17, 15) is 8.42 Å². The van der Waals surface area contributed by atoms with Crippen molar-refractivity contribution in [2.45, 2.75) is 17.6 Å². The van der Waals surface area contributed by atoms with E-state index in [1.807, 2.05) is 55.1 Å². The number of methoxy groups -OCH3 is 2. The van der Waals surface area contributed by atoms with Crippen molar-refractivity contribution in [1.82, 2.24) is 14.5 Å². The van der Waals surface area contributed by atoms with E-state index in [0.717, 1.165) is 33.1 Å². The van der Waals surface area contributed by atoms with Gasteiger partial charge in [-0.25, -0.2) is 13.4 Å². The summed E-state index contributed by atoms with van der Waals surface area (Å²) < 4.78 is 39.1. The normalized spacial score (nSPS) is 11.9. The molecule has 174 valence electrons. The van der Waals surface area contributed by atoms with E-state index in [0.29, 0.717) is 27.6 Å². The number of hydrogen-bond acceptors (Lipinski definition) is 5. The Labute approximate surface area is 197 Å². The Morgan fingerprint density at radius 2 is 1.68 bits per heavy atom. The highest BCUT2D eigenvalue weighted by atomic mass is 32.2. The maximum absolute atomic E-state index is 13.1. The lowest BCUT2D eigenvalue weighted by Crippen LogP contribution is -2.05. The summed E-state index contributed by atoms with van der Waals surface area (Å²) in [4.78, 5) is 8.13. The fourth-order valence-electron chi connectivity index (χ4n) is 4.31. The predicted octanol–water partition coefficient (Wildman–Crippen LogP) is 5.02. The summed E-state index contributed by atoms with van der Waals surface area (Å²) in [5.74, 6) is 1.19. The fourth-order valence-corrected chi connectivity index (χ4v) is 5.69. The second kappa shape index (κ2) is 8.22. The number of hydrogen-bond donors (Lipinski definition) is 1. The second-order valence-electron chi connectivity index (χ2n) is 8.37. The number of ether oxygens (including phenoxy) is 2. The molecule has 0 fully saturated rings. The van der Waals surface area contributed by atoms with E-state index >= 15 is 0 Å². The molecule has 0 radical (unpaired) electrons. The minimum absolute atomic E-state index is 0.104. The van der Waals surface area contributed by atoms with Crippen molar-refractivity contribution in [3.63, 3.8) is 0 Å². The van der Waals surface area contributed by atoms with Gasteiger partial charge in [-0.05, 0) is 42.8 Å². The molecule has 2 aromatic carbocycles. The molecule has 3 heterocycles. The lowest BCUT2D eigenvalue weighted by Gasteiger charge is -2.08. The van der Waals surface area contributed by atoms with Gasteiger partial charge in [0.2, 0.25) is 0 Å². The summed E-state index contributed by atoms with van der Waals surface area (Å²) in [6, 6.07) is 14.6. The van der Waals surface area contributed by atoms with Crippen LogP contribution in [0.4, 0.5) is 0 Å². The zero-order valence-electron chi connectivity index (χ0n) is 19.4. The Morgan fingerprint density at radius 3 is 2.38 bits per heavy atom. The second-order valence-corrected chi connectivity index (χ2v) is 10.4. The summed E-state index contributed by atoms with van der Waals surface area (Å²) in [5, 5.41) is 1.77. The number of nitrogens with zero attached hydrogens (tertiary/aromatic N) is 2. The first kappa shape index (κ1) is 22.0. The first-order valence-corrected chi connectivity index (χ1v) is 12.4. The van der Waals surface area contributed by atoms with Crippen LogP contribution in [0, 0.1) is 6.92 Å². The molecule has 5 rings (SSSR count). The molecule has 0 unspecified atom stereocenters. The molecule has 0 atom stereocenters. The summed E-state index contributed by atoms with van der Waals surface area (Å²) in [6.45, 7) is 1.93. The van der Waals surface area contributed by atoms with E-state index in [2.05, 4.69) is 9.97 Å². The molecule has 0 aliphatic carbocycles. The predicted molar refractivity (Wildman–Crippen MR) is 133 cm³/mol. The number of pyridine rings is 1. The van der Waals surface area contributed by atoms with E-state index in [1.54, 1.807) is 38.6 Å². The Kier molecular flexibility index (Phi) is 5.32. The van der Waals surface area contributed by atoms with Crippen molar-refractivity contribution in [2.24, 2.45) is 7.05 Å². The average molecular weight is 476 g/mol. The average Bonchev–Trinajstić information content (AvgIpc) is 3.40. The molecule has 0 saturated carbocycles. The molecule has 0 saturated heterocycles. The third kappa shape index (κ3) is 3.70. The summed E-state index contributed by atoms with van der Waals surface area (Å²) in [7, 11) is 1.70. The highest BCUT2D eigenvalue weighted by Gasteiger charge is 2.20. The third-order valence-electron chi connectivity index (χ3n) is 6.13. The van der Waals surface area contributed by atoms with Gasteiger partial charge in [0.1, 0.15) is 5.65 Å². The number of nitrogens with one attached hydrogen (secondary N) is 1. The van der Waals surface area contributed by atoms with Crippen LogP contribution < -0.4 is 9.47 Å². The van der Waals surface area contributed by atoms with Crippen LogP contribution in [0.15, 0.2) is 65.8 Å². The molecule has 8 heteroatoms. The van der Waals surface area contributed by atoms with Crippen LogP contribution in [0.3, 0.4) is 0 Å². The molecule has 0 bridgehead atoms. The summed E-state index contributed by atoms with van der Waals surface area (Å²) in [6.07, 6.45) is 3.66. The molecule has 7 nitrogen and oxygen atoms in total. The van der Waals surface area contributed by atoms with Crippen LogP contribution >= 0.6 is 0 Å². The van der Waals surface area contributed by atoms with E-state index < -0.39 is 9.84 Å². The maximum atomic E-state index is 13.1. The number of aryl methyl sites for hydroxylation is 2. The Bertz CT molecular complexity index is 1630. The molecule has 1 N–H and O–H groups in total. The first-order chi connectivity index (χ1) is 16.3. The van der Waals surface area contributed by atoms with Gasteiger partial charge in [0.25, 0.3) is 0 Å². The van der Waals surface area contributed by atoms with E-state index in [4.69, 9.17) is 9.47 Å². The quantitative estimate of drug-likeness (QED) is 0.373. The van der Waals surface area contributed by atoms with Gasteiger partial charge in [-0.15, -0.1) is 0 Å². The highest BCUT2D eigenvalue weighted by Crippen LogP contribution is 2.39. The number of rotatable bonds is 6. The molecule has 0 aliphatic heterocycles. The van der Waals surface area contributed by atoms with Gasteiger partial charge in [-0.1, -0.05) is 17.7 Å². The molecule has 0 spiro atoms. The molecule has 0 aliphatic rings. The van der Waals surface area contributed by atoms with Crippen LogP contribution in [0.1, 0.15) is 11.1 Å². The van der Waals surface area contributed by atoms with Gasteiger partial charge in [0.05, 0.1) is 30.4 Å². The lowest BCUT2D eigenvalue weighted by molar-refractivity contribution is 0.355. The van der Waals surface area contributed by atoms with E-state index in [-0.39, 0.29) is 5.75 Å². The zero-order chi connectivity index (χ0) is 24.0. The van der Waals surface area contributed by atoms with Crippen molar-refractivity contribution in [1.29, 1.82) is 0 Å². The van der Waals surface area contributed by atoms with Crippen molar-refractivity contribution in [3.05, 3.63) is 72.1 Å². The van der Waals surface area contributed by atoms with Crippen LogP contribution in [0.25, 0.3) is 33.2 Å². The maximum Gasteiger partial charge on any atom is 0.182 e. The number of sulfone groups is 1. The topological polar surface area (TPSA) is 86.2 Å². The van der Waals surface area contributed by atoms with Gasteiger partial charge in [0, 0.05) is 47.5 Å². The lowest BCUT2D eigenvalue weighted by atomic mass is 10.1. The van der Waals surface area contributed by atoms with Gasteiger partial charge in [-0.2, -0.15) is 0 Å². The number of aromatic amines is 1. The van der Waals surface area contributed by atoms with E-state index in [1.165, 1.54) is 0 Å². The number of fused-ring (bicyclic) bond motifs is 2. The highest BCUT2D eigenvalue weighted by molar-refractivity contribution is 7.90. The number of H-pyrrole nitrogens is 1. The van der Waals surface area contributed by atoms with Crippen molar-refractivity contribution in [3.8, 4) is 22.8 Å². The minimum atomic E-state index is -3.50. The molecular formula is C26H25N3O4S. The summed E-state index contributed by atoms with van der Waals surface area (Å²) >= 11 is 0. The van der Waals surface area contributed by atoms with Crippen molar-refractivity contribution in [2.75, 3.05) is 14.2 Å². The molecule has 5 aromatic rings. The smallest absolute Gasteiger partial charge is 0.182 e. The number of aromatic nitrogens is 3. The Hall–Kier alpha value is -3.78. The van der Waals surface area contributed by atoms with Crippen LogP contribution in [-0.4, -0.2) is 37.2 Å². The molecule has 34 heavy (non-hydrogen) atoms. The summed E-state index contributed by atoms with van der Waals surface area (Å²) in [5.41, 5.74) is 5.16. The van der Waals surface area contributed by atoms with Gasteiger partial charge in [-0.3, -0.25) is 0 Å². The van der Waals surface area contributed by atoms with Gasteiger partial charge in [0.15, 0.2) is 21.3 Å². The SMILES string of the molecule is COc1cc2c(-c3cc4c(CS(=O)(=O)c5ccc(C)cc5)ccnc4[nH]3)cn(C)c2cc1OC. The van der Waals surface area contributed by atoms with Crippen LogP contribution in [0.2, 0.25) is 0 Å². The molecule has 3 aromatic heterocycles. The van der Waals surface area contributed by atoms with Gasteiger partial charge >= 0.3 is 0 Å². The molecular weight excluding hydrogens is 450 g/mol. The monoisotopic (exact) mass is 475 g/mol. The Morgan fingerprint density at radius 1 is 0.971 bits per heavy atom. The van der Waals surface area contributed by atoms with Crippen LogP contribution in [-0.2, 0) is 22.6 Å². The van der Waals surface area contributed by atoms with Crippen molar-refractivity contribution < 1.29 is 17.9 Å². The standard InChI is InChI=1S/C26H25N3O4S/c1-16-5-7-18(8-6-16)34(30,31)15-17-9-10-27-26-19(17)11-22(28-26)21-14-29(2)23-13-25(33-4)24(32-3)12-20(21)23/h5-14H,15H2,1-4H3,(H,27,28). The zero-order valence-corrected chi connectivity index (χ0v) is 20.2. The Balaban J connectivity index is 1.61. The largest absolute Gasteiger partial charge is 0.493 e. The van der Waals surface area contributed by atoms with Gasteiger partial charge < -0.3 is 19.0 Å². The van der Waals surface area contributed by atoms with Crippen LogP contribution in [0.5, 0.6) is 11.5 Å². The fraction of sp³-hybridized carbons (Fsp3) is 0.192. The number of benzene rings is 2.